The number of nitrogens with one attached hydrogen (secondary N) is 2. The second kappa shape index (κ2) is 10.1. The van der Waals surface area contributed by atoms with Crippen molar-refractivity contribution in [2.75, 3.05) is 40.4 Å². The van der Waals surface area contributed by atoms with Gasteiger partial charge in [-0.25, -0.2) is 4.79 Å². The molecule has 1 saturated heterocycles. The summed E-state index contributed by atoms with van der Waals surface area (Å²) >= 11 is 0. The predicted molar refractivity (Wildman–Crippen MR) is 92.8 cm³/mol. The van der Waals surface area contributed by atoms with Crippen LogP contribution in [0.3, 0.4) is 0 Å². The van der Waals surface area contributed by atoms with Gasteiger partial charge in [0.05, 0.1) is 6.61 Å². The zero-order chi connectivity index (χ0) is 17.3. The van der Waals surface area contributed by atoms with Crippen molar-refractivity contribution in [2.24, 2.45) is 0 Å². The van der Waals surface area contributed by atoms with Crippen molar-refractivity contribution < 1.29 is 14.3 Å². The van der Waals surface area contributed by atoms with Crippen LogP contribution in [0, 0.1) is 0 Å². The molecule has 136 valence electrons. The number of carbonyl (C=O) groups excluding carboxylic acids is 1. The Balaban J connectivity index is 2.18. The number of hydrogen-bond acceptors (Lipinski definition) is 5. The number of rotatable bonds is 9. The van der Waals surface area contributed by atoms with Crippen LogP contribution in [0.4, 0.5) is 4.79 Å². The van der Waals surface area contributed by atoms with Crippen LogP contribution in [-0.4, -0.2) is 69.1 Å². The first kappa shape index (κ1) is 20.2. The average molecular weight is 329 g/mol. The highest BCUT2D eigenvalue weighted by molar-refractivity contribution is 5.67. The van der Waals surface area contributed by atoms with Crippen LogP contribution < -0.4 is 10.6 Å². The fraction of sp³-hybridized carbons (Fsp3) is 0.941. The fourth-order valence-corrected chi connectivity index (χ4v) is 2.84. The maximum absolute atomic E-state index is 11.6. The molecular weight excluding hydrogens is 294 g/mol. The van der Waals surface area contributed by atoms with Crippen molar-refractivity contribution in [2.45, 2.75) is 64.1 Å². The Kier molecular flexibility index (Phi) is 8.87. The standard InChI is InChI=1S/C17H35N3O3/c1-17(2,3)23-16(21)18-10-6-8-14(13-22-5)19-12-15-9-7-11-20(15)4/h14-15,19H,6-13H2,1-5H3,(H,18,21). The summed E-state index contributed by atoms with van der Waals surface area (Å²) in [4.78, 5) is 14.0. The van der Waals surface area contributed by atoms with Crippen LogP contribution in [0.15, 0.2) is 0 Å². The molecule has 0 aromatic heterocycles. The molecule has 1 heterocycles. The molecule has 2 unspecified atom stereocenters. The number of hydrogen-bond donors (Lipinski definition) is 2. The van der Waals surface area contributed by atoms with E-state index in [0.29, 0.717) is 25.2 Å². The van der Waals surface area contributed by atoms with Gasteiger partial charge < -0.3 is 25.0 Å². The zero-order valence-electron chi connectivity index (χ0n) is 15.5. The molecule has 0 radical (unpaired) electrons. The number of likely N-dealkylation sites (tertiary alicyclic amines) is 1. The molecular formula is C17H35N3O3. The maximum atomic E-state index is 11.6. The number of ether oxygens (including phenoxy) is 2. The van der Waals surface area contributed by atoms with Gasteiger partial charge in [-0.15, -0.1) is 0 Å². The van der Waals surface area contributed by atoms with Gasteiger partial charge in [0.15, 0.2) is 0 Å². The first-order chi connectivity index (χ1) is 10.8. The SMILES string of the molecule is COCC(CCCNC(=O)OC(C)(C)C)NCC1CCCN1C. The molecule has 0 saturated carbocycles. The first-order valence-electron chi connectivity index (χ1n) is 8.71. The molecule has 1 rings (SSSR count). The third-order valence-electron chi connectivity index (χ3n) is 4.08. The summed E-state index contributed by atoms with van der Waals surface area (Å²) in [6, 6.07) is 0.962. The lowest BCUT2D eigenvalue weighted by Crippen LogP contribution is -2.42. The van der Waals surface area contributed by atoms with Gasteiger partial charge in [0.25, 0.3) is 0 Å². The van der Waals surface area contributed by atoms with E-state index in [1.165, 1.54) is 19.4 Å². The Labute approximate surface area is 141 Å². The predicted octanol–water partition coefficient (Wildman–Crippen LogP) is 1.99. The fourth-order valence-electron chi connectivity index (χ4n) is 2.84. The van der Waals surface area contributed by atoms with E-state index in [-0.39, 0.29) is 6.09 Å². The molecule has 6 nitrogen and oxygen atoms in total. The van der Waals surface area contributed by atoms with Gasteiger partial charge in [-0.1, -0.05) is 0 Å². The van der Waals surface area contributed by atoms with Crippen LogP contribution in [0.25, 0.3) is 0 Å². The Bertz CT molecular complexity index is 344. The molecule has 1 aliphatic rings. The lowest BCUT2D eigenvalue weighted by atomic mass is 10.1. The maximum Gasteiger partial charge on any atom is 0.407 e. The van der Waals surface area contributed by atoms with E-state index in [1.807, 2.05) is 20.8 Å². The minimum atomic E-state index is -0.447. The molecule has 0 bridgehead atoms. The molecule has 1 aliphatic heterocycles. The smallest absolute Gasteiger partial charge is 0.407 e. The van der Waals surface area contributed by atoms with Crippen LogP contribution in [0.1, 0.15) is 46.5 Å². The number of methoxy groups -OCH3 is 1. The first-order valence-corrected chi connectivity index (χ1v) is 8.71. The molecule has 2 atom stereocenters. The van der Waals surface area contributed by atoms with E-state index in [4.69, 9.17) is 9.47 Å². The van der Waals surface area contributed by atoms with E-state index in [0.717, 1.165) is 19.4 Å². The largest absolute Gasteiger partial charge is 0.444 e. The van der Waals surface area contributed by atoms with Crippen LogP contribution in [0.2, 0.25) is 0 Å². The van der Waals surface area contributed by atoms with E-state index in [1.54, 1.807) is 7.11 Å². The Morgan fingerprint density at radius 1 is 1.39 bits per heavy atom. The van der Waals surface area contributed by atoms with E-state index in [9.17, 15) is 4.79 Å². The van der Waals surface area contributed by atoms with Gasteiger partial charge >= 0.3 is 6.09 Å². The number of amides is 1. The Hall–Kier alpha value is -0.850. The lowest BCUT2D eigenvalue weighted by molar-refractivity contribution is 0.0526. The number of nitrogens with zero attached hydrogens (tertiary/aromatic N) is 1. The second-order valence-corrected chi connectivity index (χ2v) is 7.41. The lowest BCUT2D eigenvalue weighted by Gasteiger charge is -2.24. The summed E-state index contributed by atoms with van der Waals surface area (Å²) in [5, 5.41) is 6.41. The summed E-state index contributed by atoms with van der Waals surface area (Å²) in [5.74, 6) is 0. The third-order valence-corrected chi connectivity index (χ3v) is 4.08. The molecule has 0 aromatic rings. The summed E-state index contributed by atoms with van der Waals surface area (Å²) in [5.41, 5.74) is -0.447. The van der Waals surface area contributed by atoms with E-state index in [2.05, 4.69) is 22.6 Å². The third kappa shape index (κ3) is 9.13. The highest BCUT2D eigenvalue weighted by Crippen LogP contribution is 2.14. The Morgan fingerprint density at radius 3 is 2.70 bits per heavy atom. The zero-order valence-corrected chi connectivity index (χ0v) is 15.5. The highest BCUT2D eigenvalue weighted by Gasteiger charge is 2.21. The number of likely N-dealkylation sites (N-methyl/N-ethyl adjacent to an activating group) is 1. The van der Waals surface area contributed by atoms with Crippen molar-refractivity contribution in [1.82, 2.24) is 15.5 Å². The normalized spacial score (nSPS) is 20.5. The average Bonchev–Trinajstić information content (AvgIpc) is 2.84. The minimum absolute atomic E-state index is 0.328. The van der Waals surface area contributed by atoms with Gasteiger partial charge in [-0.3, -0.25) is 0 Å². The molecule has 1 fully saturated rings. The Morgan fingerprint density at radius 2 is 2.13 bits per heavy atom. The van der Waals surface area contributed by atoms with Gasteiger partial charge in [0.1, 0.15) is 5.60 Å². The quantitative estimate of drug-likeness (QED) is 0.634. The van der Waals surface area contributed by atoms with Crippen LogP contribution in [0.5, 0.6) is 0 Å². The van der Waals surface area contributed by atoms with Gasteiger partial charge in [-0.05, 0) is 60.0 Å². The van der Waals surface area contributed by atoms with Crippen LogP contribution >= 0.6 is 0 Å². The molecule has 0 spiro atoms. The second-order valence-electron chi connectivity index (χ2n) is 7.41. The summed E-state index contributed by atoms with van der Waals surface area (Å²) in [6.45, 7) is 9.12. The highest BCUT2D eigenvalue weighted by atomic mass is 16.6. The number of alkyl carbamates (subject to hydrolysis) is 1. The van der Waals surface area contributed by atoms with Crippen molar-refractivity contribution in [3.8, 4) is 0 Å². The van der Waals surface area contributed by atoms with Crippen molar-refractivity contribution in [1.29, 1.82) is 0 Å². The van der Waals surface area contributed by atoms with Crippen molar-refractivity contribution in [3.63, 3.8) is 0 Å². The summed E-state index contributed by atoms with van der Waals surface area (Å²) in [6.07, 6.45) is 4.09. The summed E-state index contributed by atoms with van der Waals surface area (Å²) < 4.78 is 10.5. The van der Waals surface area contributed by atoms with E-state index >= 15 is 0 Å². The molecule has 0 aromatic carbocycles. The van der Waals surface area contributed by atoms with Gasteiger partial charge in [0.2, 0.25) is 0 Å². The molecule has 2 N–H and O–H groups in total. The summed E-state index contributed by atoms with van der Waals surface area (Å²) in [7, 11) is 3.92. The molecule has 0 aliphatic carbocycles. The van der Waals surface area contributed by atoms with Gasteiger partial charge in [-0.2, -0.15) is 0 Å². The number of carbonyl (C=O) groups is 1. The monoisotopic (exact) mass is 329 g/mol. The van der Waals surface area contributed by atoms with Crippen molar-refractivity contribution >= 4 is 6.09 Å². The molecule has 1 amide bonds. The van der Waals surface area contributed by atoms with E-state index < -0.39 is 5.60 Å². The van der Waals surface area contributed by atoms with Gasteiger partial charge in [0, 0.05) is 32.3 Å². The topological polar surface area (TPSA) is 62.8 Å². The molecule has 6 heteroatoms. The van der Waals surface area contributed by atoms with Crippen molar-refractivity contribution in [3.05, 3.63) is 0 Å². The minimum Gasteiger partial charge on any atom is -0.444 e. The van der Waals surface area contributed by atoms with Crippen LogP contribution in [-0.2, 0) is 9.47 Å². The molecule has 23 heavy (non-hydrogen) atoms.